The first-order valence-corrected chi connectivity index (χ1v) is 6.68. The maximum atomic E-state index is 5.32. The first kappa shape index (κ1) is 12.1. The zero-order chi connectivity index (χ0) is 11.9. The average Bonchev–Trinajstić information content (AvgIpc) is 2.88. The van der Waals surface area contributed by atoms with E-state index in [9.17, 15) is 0 Å². The molecule has 0 amide bonds. The summed E-state index contributed by atoms with van der Waals surface area (Å²) in [5, 5.41) is 7.72. The summed E-state index contributed by atoms with van der Waals surface area (Å²) >= 11 is 1.74. The number of para-hydroxylation sites is 1. The third-order valence-corrected chi connectivity index (χ3v) is 3.40. The number of nitrogens with one attached hydrogen (secondary N) is 1. The van der Waals surface area contributed by atoms with Gasteiger partial charge in [-0.05, 0) is 47.0 Å². The van der Waals surface area contributed by atoms with Crippen molar-refractivity contribution in [1.82, 2.24) is 5.32 Å². The molecule has 0 radical (unpaired) electrons. The molecule has 0 fully saturated rings. The second-order valence-corrected chi connectivity index (χ2v) is 4.65. The quantitative estimate of drug-likeness (QED) is 0.792. The molecule has 2 aromatic rings. The van der Waals surface area contributed by atoms with Crippen LogP contribution in [0.2, 0.25) is 0 Å². The zero-order valence-corrected chi connectivity index (χ0v) is 10.8. The average molecular weight is 247 g/mol. The lowest BCUT2D eigenvalue weighted by Gasteiger charge is -2.08. The number of ether oxygens (including phenoxy) is 1. The number of methoxy groups -OCH3 is 1. The number of benzene rings is 1. The van der Waals surface area contributed by atoms with Crippen LogP contribution in [0.25, 0.3) is 0 Å². The molecule has 0 unspecified atom stereocenters. The molecule has 90 valence electrons. The van der Waals surface area contributed by atoms with Crippen molar-refractivity contribution in [2.24, 2.45) is 0 Å². The van der Waals surface area contributed by atoms with Gasteiger partial charge in [-0.15, -0.1) is 0 Å². The molecule has 3 heteroatoms. The van der Waals surface area contributed by atoms with E-state index in [2.05, 4.69) is 34.3 Å². The van der Waals surface area contributed by atoms with E-state index in [1.165, 1.54) is 11.1 Å². The van der Waals surface area contributed by atoms with Crippen LogP contribution in [0.15, 0.2) is 41.1 Å². The van der Waals surface area contributed by atoms with Gasteiger partial charge in [-0.2, -0.15) is 11.3 Å². The van der Waals surface area contributed by atoms with E-state index in [1.807, 2.05) is 12.1 Å². The van der Waals surface area contributed by atoms with Crippen molar-refractivity contribution in [2.45, 2.75) is 13.0 Å². The van der Waals surface area contributed by atoms with Crippen LogP contribution in [0.3, 0.4) is 0 Å². The molecule has 0 aliphatic heterocycles. The fourth-order valence-electron chi connectivity index (χ4n) is 1.76. The van der Waals surface area contributed by atoms with Crippen molar-refractivity contribution in [3.05, 3.63) is 52.2 Å². The Morgan fingerprint density at radius 2 is 2.12 bits per heavy atom. The minimum absolute atomic E-state index is 0.943. The van der Waals surface area contributed by atoms with E-state index in [-0.39, 0.29) is 0 Å². The highest BCUT2D eigenvalue weighted by atomic mass is 32.1. The van der Waals surface area contributed by atoms with Crippen molar-refractivity contribution in [2.75, 3.05) is 13.7 Å². The monoisotopic (exact) mass is 247 g/mol. The van der Waals surface area contributed by atoms with Crippen LogP contribution >= 0.6 is 11.3 Å². The third kappa shape index (κ3) is 3.58. The molecule has 0 aliphatic carbocycles. The molecule has 0 aliphatic rings. The van der Waals surface area contributed by atoms with Crippen molar-refractivity contribution < 1.29 is 4.74 Å². The zero-order valence-electron chi connectivity index (χ0n) is 9.98. The Morgan fingerprint density at radius 1 is 1.24 bits per heavy atom. The van der Waals surface area contributed by atoms with Gasteiger partial charge in [0.1, 0.15) is 5.75 Å². The normalized spacial score (nSPS) is 10.4. The number of rotatable bonds is 6. The Morgan fingerprint density at radius 3 is 2.88 bits per heavy atom. The summed E-state index contributed by atoms with van der Waals surface area (Å²) in [6.07, 6.45) is 0.994. The highest BCUT2D eigenvalue weighted by Crippen LogP contribution is 2.17. The summed E-state index contributed by atoms with van der Waals surface area (Å²) in [5.74, 6) is 0.977. The van der Waals surface area contributed by atoms with E-state index in [0.29, 0.717) is 0 Å². The maximum Gasteiger partial charge on any atom is 0.122 e. The lowest BCUT2D eigenvalue weighted by Crippen LogP contribution is -2.16. The van der Waals surface area contributed by atoms with Gasteiger partial charge < -0.3 is 10.1 Å². The van der Waals surface area contributed by atoms with Crippen LogP contribution < -0.4 is 10.1 Å². The van der Waals surface area contributed by atoms with Crippen LogP contribution in [0.1, 0.15) is 11.1 Å². The Labute approximate surface area is 106 Å². The van der Waals surface area contributed by atoms with Crippen LogP contribution in [-0.4, -0.2) is 13.7 Å². The fourth-order valence-corrected chi connectivity index (χ4v) is 2.43. The predicted octanol–water partition coefficient (Wildman–Crippen LogP) is 3.09. The highest BCUT2D eigenvalue weighted by Gasteiger charge is 2.00. The van der Waals surface area contributed by atoms with E-state index in [1.54, 1.807) is 18.4 Å². The summed E-state index contributed by atoms with van der Waals surface area (Å²) < 4.78 is 5.32. The van der Waals surface area contributed by atoms with E-state index in [4.69, 9.17) is 4.74 Å². The molecule has 1 aromatic carbocycles. The lowest BCUT2D eigenvalue weighted by atomic mass is 10.1. The van der Waals surface area contributed by atoms with E-state index in [0.717, 1.165) is 25.3 Å². The topological polar surface area (TPSA) is 21.3 Å². The van der Waals surface area contributed by atoms with Gasteiger partial charge in [-0.25, -0.2) is 0 Å². The minimum atomic E-state index is 0.943. The Bertz CT molecular complexity index is 439. The number of thiophene rings is 1. The van der Waals surface area contributed by atoms with Gasteiger partial charge in [-0.3, -0.25) is 0 Å². The Balaban J connectivity index is 1.78. The molecular formula is C14H17NOS. The smallest absolute Gasteiger partial charge is 0.122 e. The molecule has 1 N–H and O–H groups in total. The van der Waals surface area contributed by atoms with Crippen molar-refractivity contribution in [3.63, 3.8) is 0 Å². The summed E-state index contributed by atoms with van der Waals surface area (Å²) in [5.41, 5.74) is 2.61. The second-order valence-electron chi connectivity index (χ2n) is 3.87. The molecule has 1 heterocycles. The minimum Gasteiger partial charge on any atom is -0.496 e. The summed E-state index contributed by atoms with van der Waals surface area (Å²) in [6.45, 7) is 1.91. The van der Waals surface area contributed by atoms with Crippen LogP contribution in [0.5, 0.6) is 5.75 Å². The largest absolute Gasteiger partial charge is 0.496 e. The highest BCUT2D eigenvalue weighted by molar-refractivity contribution is 7.07. The second kappa shape index (κ2) is 6.42. The van der Waals surface area contributed by atoms with Gasteiger partial charge in [0.05, 0.1) is 7.11 Å². The fraction of sp³-hybridized carbons (Fsp3) is 0.286. The van der Waals surface area contributed by atoms with Gasteiger partial charge in [0.2, 0.25) is 0 Å². The lowest BCUT2D eigenvalue weighted by molar-refractivity contribution is 0.409. The third-order valence-electron chi connectivity index (χ3n) is 2.67. The molecule has 2 nitrogen and oxygen atoms in total. The molecule has 0 spiro atoms. The SMILES string of the molecule is COc1ccccc1CCNCc1ccsc1. The number of hydrogen-bond donors (Lipinski definition) is 1. The predicted molar refractivity (Wildman–Crippen MR) is 72.7 cm³/mol. The number of hydrogen-bond acceptors (Lipinski definition) is 3. The first-order chi connectivity index (χ1) is 8.40. The van der Waals surface area contributed by atoms with Gasteiger partial charge in [0.25, 0.3) is 0 Å². The maximum absolute atomic E-state index is 5.32. The van der Waals surface area contributed by atoms with Crippen molar-refractivity contribution >= 4 is 11.3 Å². The molecule has 0 saturated heterocycles. The first-order valence-electron chi connectivity index (χ1n) is 5.74. The molecule has 17 heavy (non-hydrogen) atoms. The van der Waals surface area contributed by atoms with Crippen LogP contribution in [0.4, 0.5) is 0 Å². The summed E-state index contributed by atoms with van der Waals surface area (Å²) in [4.78, 5) is 0. The van der Waals surface area contributed by atoms with Crippen molar-refractivity contribution in [1.29, 1.82) is 0 Å². The summed E-state index contributed by atoms with van der Waals surface area (Å²) in [7, 11) is 1.72. The van der Waals surface area contributed by atoms with Gasteiger partial charge >= 0.3 is 0 Å². The van der Waals surface area contributed by atoms with Crippen LogP contribution in [-0.2, 0) is 13.0 Å². The van der Waals surface area contributed by atoms with Crippen molar-refractivity contribution in [3.8, 4) is 5.75 Å². The molecular weight excluding hydrogens is 230 g/mol. The van der Waals surface area contributed by atoms with Gasteiger partial charge in [0, 0.05) is 6.54 Å². The molecule has 2 rings (SSSR count). The van der Waals surface area contributed by atoms with E-state index < -0.39 is 0 Å². The Hall–Kier alpha value is -1.32. The summed E-state index contributed by atoms with van der Waals surface area (Å²) in [6, 6.07) is 10.3. The molecule has 0 atom stereocenters. The van der Waals surface area contributed by atoms with Gasteiger partial charge in [0.15, 0.2) is 0 Å². The van der Waals surface area contributed by atoms with Crippen LogP contribution in [0, 0.1) is 0 Å². The standard InChI is InChI=1S/C14H17NOS/c1-16-14-5-3-2-4-13(14)6-8-15-10-12-7-9-17-11-12/h2-5,7,9,11,15H,6,8,10H2,1H3. The van der Waals surface area contributed by atoms with E-state index >= 15 is 0 Å². The molecule has 0 saturated carbocycles. The Kier molecular flexibility index (Phi) is 4.59. The van der Waals surface area contributed by atoms with Gasteiger partial charge in [-0.1, -0.05) is 18.2 Å². The molecule has 1 aromatic heterocycles. The molecule has 0 bridgehead atoms.